The van der Waals surface area contributed by atoms with Crippen molar-refractivity contribution in [3.63, 3.8) is 0 Å². The van der Waals surface area contributed by atoms with Crippen molar-refractivity contribution in [3.05, 3.63) is 35.6 Å². The van der Waals surface area contributed by atoms with Crippen LogP contribution in [0.5, 0.6) is 0 Å². The van der Waals surface area contributed by atoms with Crippen LogP contribution >= 0.6 is 0 Å². The first-order valence-corrected chi connectivity index (χ1v) is 8.57. The second-order valence-corrected chi connectivity index (χ2v) is 8.90. The van der Waals surface area contributed by atoms with E-state index >= 15 is 0 Å². The molecule has 1 rings (SSSR count). The van der Waals surface area contributed by atoms with Crippen molar-refractivity contribution in [2.75, 3.05) is 0 Å². The molecule has 0 aliphatic carbocycles. The Labute approximate surface area is 98.8 Å². The topological polar surface area (TPSA) is 9.23 Å². The maximum atomic E-state index is 13.4. The van der Waals surface area contributed by atoms with E-state index in [1.807, 2.05) is 6.07 Å². The molecule has 0 saturated heterocycles. The molecule has 0 aliphatic heterocycles. The summed E-state index contributed by atoms with van der Waals surface area (Å²) >= 11 is 0. The minimum absolute atomic E-state index is 0.159. The van der Waals surface area contributed by atoms with Crippen LogP contribution < -0.4 is 0 Å². The Morgan fingerprint density at radius 2 is 1.62 bits per heavy atom. The fraction of sp³-hybridized carbons (Fsp3) is 0.538. The maximum absolute atomic E-state index is 13.4. The van der Waals surface area contributed by atoms with Crippen LogP contribution in [0.3, 0.4) is 0 Å². The molecule has 0 bridgehead atoms. The molecule has 0 fully saturated rings. The number of hydrogen-bond acceptors (Lipinski definition) is 1. The third-order valence-electron chi connectivity index (χ3n) is 3.42. The molecule has 0 aromatic heterocycles. The van der Waals surface area contributed by atoms with Crippen molar-refractivity contribution in [2.24, 2.45) is 0 Å². The molecule has 1 aromatic carbocycles. The average Bonchev–Trinajstić information content (AvgIpc) is 2.34. The van der Waals surface area contributed by atoms with Crippen LogP contribution in [0.15, 0.2) is 24.3 Å². The van der Waals surface area contributed by atoms with Crippen LogP contribution in [-0.2, 0) is 11.0 Å². The van der Waals surface area contributed by atoms with Gasteiger partial charge in [0.2, 0.25) is 0 Å². The molecule has 0 radical (unpaired) electrons. The Balaban J connectivity index is 2.66. The summed E-state index contributed by atoms with van der Waals surface area (Å²) in [4.78, 5) is 0. The number of hydrogen-bond donors (Lipinski definition) is 0. The molecular formula is C13H21FOSi. The molecule has 0 heterocycles. The van der Waals surface area contributed by atoms with Gasteiger partial charge >= 0.3 is 0 Å². The summed E-state index contributed by atoms with van der Waals surface area (Å²) in [6, 6.07) is 10.2. The summed E-state index contributed by atoms with van der Waals surface area (Å²) in [6.45, 7) is 6.97. The lowest BCUT2D eigenvalue weighted by atomic mass is 10.2. The number of rotatable bonds is 6. The predicted molar refractivity (Wildman–Crippen MR) is 68.4 cm³/mol. The summed E-state index contributed by atoms with van der Waals surface area (Å²) < 4.78 is 19.5. The lowest BCUT2D eigenvalue weighted by Crippen LogP contribution is -2.35. The van der Waals surface area contributed by atoms with Crippen molar-refractivity contribution < 1.29 is 8.82 Å². The summed E-state index contributed by atoms with van der Waals surface area (Å²) in [6.07, 6.45) is 0. The first kappa shape index (κ1) is 13.4. The molecule has 0 N–H and O–H groups in total. The van der Waals surface area contributed by atoms with Gasteiger partial charge in [-0.25, -0.2) is 4.39 Å². The van der Waals surface area contributed by atoms with E-state index in [0.29, 0.717) is 12.2 Å². The van der Waals surface area contributed by atoms with Gasteiger partial charge in [0.1, 0.15) is 5.82 Å². The Morgan fingerprint density at radius 3 is 2.12 bits per heavy atom. The fourth-order valence-corrected chi connectivity index (χ4v) is 4.48. The molecule has 0 spiro atoms. The van der Waals surface area contributed by atoms with Crippen LogP contribution in [0.1, 0.15) is 26.3 Å². The molecule has 16 heavy (non-hydrogen) atoms. The van der Waals surface area contributed by atoms with Crippen molar-refractivity contribution in [3.8, 4) is 0 Å². The molecular weight excluding hydrogens is 219 g/mol. The molecule has 1 aromatic rings. The van der Waals surface area contributed by atoms with E-state index in [0.717, 1.165) is 18.1 Å². The van der Waals surface area contributed by atoms with E-state index < -0.39 is 8.32 Å². The number of halogens is 1. The van der Waals surface area contributed by atoms with Gasteiger partial charge in [0, 0.05) is 5.56 Å². The second-order valence-electron chi connectivity index (χ2n) is 4.12. The summed E-state index contributed by atoms with van der Waals surface area (Å²) in [5, 5.41) is 0. The van der Waals surface area contributed by atoms with Gasteiger partial charge in [0.15, 0.2) is 8.32 Å². The molecule has 0 unspecified atom stereocenters. The third kappa shape index (κ3) is 3.16. The molecule has 0 atom stereocenters. The van der Waals surface area contributed by atoms with Gasteiger partial charge in [-0.1, -0.05) is 39.0 Å². The van der Waals surface area contributed by atoms with E-state index in [9.17, 15) is 4.39 Å². The van der Waals surface area contributed by atoms with Gasteiger partial charge in [-0.15, -0.1) is 0 Å². The Kier molecular flexibility index (Phi) is 5.15. The zero-order valence-electron chi connectivity index (χ0n) is 10.4. The van der Waals surface area contributed by atoms with Crippen LogP contribution in [0.2, 0.25) is 18.1 Å². The Hall–Kier alpha value is -0.673. The predicted octanol–water partition coefficient (Wildman–Crippen LogP) is 4.35. The van der Waals surface area contributed by atoms with Crippen molar-refractivity contribution in [1.29, 1.82) is 0 Å². The fourth-order valence-electron chi connectivity index (χ4n) is 1.90. The SMILES string of the molecule is CC[Si](CC)(CC)OCc1ccccc1F. The standard InChI is InChI=1S/C13H21FOSi/c1-4-16(5-2,6-3)15-11-12-9-7-8-10-13(12)14/h7-10H,4-6,11H2,1-3H3. The molecule has 0 saturated carbocycles. The maximum Gasteiger partial charge on any atom is 0.192 e. The monoisotopic (exact) mass is 240 g/mol. The lowest BCUT2D eigenvalue weighted by molar-refractivity contribution is 0.281. The molecule has 0 aliphatic rings. The average molecular weight is 240 g/mol. The zero-order chi connectivity index (χ0) is 12.0. The van der Waals surface area contributed by atoms with Gasteiger partial charge in [-0.2, -0.15) is 0 Å². The highest BCUT2D eigenvalue weighted by Crippen LogP contribution is 2.23. The van der Waals surface area contributed by atoms with Crippen LogP contribution in [0.25, 0.3) is 0 Å². The zero-order valence-corrected chi connectivity index (χ0v) is 11.4. The summed E-state index contributed by atoms with van der Waals surface area (Å²) in [5.74, 6) is -0.159. The molecule has 1 nitrogen and oxygen atoms in total. The summed E-state index contributed by atoms with van der Waals surface area (Å²) in [5.41, 5.74) is 0.676. The van der Waals surface area contributed by atoms with Gasteiger partial charge in [-0.05, 0) is 24.2 Å². The van der Waals surface area contributed by atoms with Crippen molar-refractivity contribution in [2.45, 2.75) is 45.5 Å². The summed E-state index contributed by atoms with van der Waals surface area (Å²) in [7, 11) is -1.59. The first-order chi connectivity index (χ1) is 7.67. The number of benzene rings is 1. The Bertz CT molecular complexity index is 315. The van der Waals surface area contributed by atoms with Gasteiger partial charge in [0.25, 0.3) is 0 Å². The highest BCUT2D eigenvalue weighted by molar-refractivity contribution is 6.73. The third-order valence-corrected chi connectivity index (χ3v) is 8.05. The van der Waals surface area contributed by atoms with Gasteiger partial charge < -0.3 is 4.43 Å². The second kappa shape index (κ2) is 6.16. The van der Waals surface area contributed by atoms with Crippen LogP contribution in [-0.4, -0.2) is 8.32 Å². The van der Waals surface area contributed by atoms with E-state index in [2.05, 4.69) is 20.8 Å². The molecule has 90 valence electrons. The first-order valence-electron chi connectivity index (χ1n) is 6.04. The van der Waals surface area contributed by atoms with Crippen LogP contribution in [0.4, 0.5) is 4.39 Å². The normalized spacial score (nSPS) is 11.8. The molecule has 3 heteroatoms. The quantitative estimate of drug-likeness (QED) is 0.672. The molecule has 0 amide bonds. The highest BCUT2D eigenvalue weighted by Gasteiger charge is 2.28. The van der Waals surface area contributed by atoms with E-state index in [-0.39, 0.29) is 5.82 Å². The van der Waals surface area contributed by atoms with E-state index in [1.54, 1.807) is 12.1 Å². The largest absolute Gasteiger partial charge is 0.412 e. The Morgan fingerprint density at radius 1 is 1.06 bits per heavy atom. The van der Waals surface area contributed by atoms with Crippen LogP contribution in [0, 0.1) is 5.82 Å². The minimum Gasteiger partial charge on any atom is -0.412 e. The van der Waals surface area contributed by atoms with E-state index in [4.69, 9.17) is 4.43 Å². The van der Waals surface area contributed by atoms with Gasteiger partial charge in [-0.3, -0.25) is 0 Å². The van der Waals surface area contributed by atoms with Crippen molar-refractivity contribution >= 4 is 8.32 Å². The van der Waals surface area contributed by atoms with E-state index in [1.165, 1.54) is 6.07 Å². The smallest absolute Gasteiger partial charge is 0.192 e. The minimum atomic E-state index is -1.59. The highest BCUT2D eigenvalue weighted by atomic mass is 28.4. The van der Waals surface area contributed by atoms with Crippen molar-refractivity contribution in [1.82, 2.24) is 0 Å². The lowest BCUT2D eigenvalue weighted by Gasteiger charge is -2.28. The van der Waals surface area contributed by atoms with Gasteiger partial charge in [0.05, 0.1) is 6.61 Å².